The molecule has 0 saturated heterocycles. The van der Waals surface area contributed by atoms with Crippen molar-refractivity contribution in [1.82, 2.24) is 4.57 Å². The first-order valence-corrected chi connectivity index (χ1v) is 15.9. The number of hydrogen-bond acceptors (Lipinski definition) is 7. The van der Waals surface area contributed by atoms with Gasteiger partial charge in [-0.25, -0.2) is 9.79 Å². The Morgan fingerprint density at radius 2 is 1.84 bits per heavy atom. The molecule has 0 radical (unpaired) electrons. The smallest absolute Gasteiger partial charge is 0.434 e. The van der Waals surface area contributed by atoms with Crippen LogP contribution in [0.1, 0.15) is 35.2 Å². The van der Waals surface area contributed by atoms with Gasteiger partial charge >= 0.3 is 12.1 Å². The third kappa shape index (κ3) is 6.94. The molecule has 7 nitrogen and oxygen atoms in total. The molecule has 5 rings (SSSR count). The van der Waals surface area contributed by atoms with Crippen molar-refractivity contribution < 1.29 is 27.4 Å². The van der Waals surface area contributed by atoms with Crippen LogP contribution in [0.5, 0.6) is 5.75 Å². The largest absolute Gasteiger partial charge is 0.487 e. The maximum absolute atomic E-state index is 14.4. The molecule has 0 bridgehead atoms. The molecule has 0 spiro atoms. The molecule has 0 amide bonds. The molecule has 0 aliphatic carbocycles. The monoisotopic (exact) mass is 779 g/mol. The molecule has 0 saturated carbocycles. The van der Waals surface area contributed by atoms with Gasteiger partial charge in [-0.05, 0) is 76.5 Å². The summed E-state index contributed by atoms with van der Waals surface area (Å²) in [5, 5.41) is 9.37. The van der Waals surface area contributed by atoms with Crippen molar-refractivity contribution in [2.75, 3.05) is 6.61 Å². The number of carbonyl (C=O) groups is 1. The van der Waals surface area contributed by atoms with Gasteiger partial charge in [0.05, 0.1) is 38.9 Å². The number of fused-ring (bicyclic) bond motifs is 1. The van der Waals surface area contributed by atoms with Crippen LogP contribution in [0.4, 0.5) is 13.2 Å². The third-order valence-corrected chi connectivity index (χ3v) is 8.85. The van der Waals surface area contributed by atoms with Crippen LogP contribution in [0.3, 0.4) is 0 Å². The Hall–Kier alpha value is -3.70. The number of aromatic nitrogens is 1. The van der Waals surface area contributed by atoms with Gasteiger partial charge in [0.2, 0.25) is 0 Å². The second-order valence-electron chi connectivity index (χ2n) is 9.52. The van der Waals surface area contributed by atoms with Gasteiger partial charge in [-0.2, -0.15) is 18.4 Å². The second-order valence-corrected chi connectivity index (χ2v) is 12.7. The van der Waals surface area contributed by atoms with E-state index in [0.717, 1.165) is 21.5 Å². The molecule has 4 aromatic rings. The number of allylic oxidation sites excluding steroid dienone is 1. The molecule has 1 aromatic heterocycles. The number of benzene rings is 3. The van der Waals surface area contributed by atoms with Crippen molar-refractivity contribution in [1.29, 1.82) is 5.26 Å². The Labute approximate surface area is 279 Å². The lowest BCUT2D eigenvalue weighted by molar-refractivity contribution is -0.140. The minimum Gasteiger partial charge on any atom is -0.487 e. The number of hydrogen-bond donors (Lipinski definition) is 0. The average molecular weight is 782 g/mol. The molecule has 1 aliphatic heterocycles. The van der Waals surface area contributed by atoms with Crippen LogP contribution in [-0.4, -0.2) is 23.3 Å². The second kappa shape index (κ2) is 13.3. The quantitative estimate of drug-likeness (QED) is 0.189. The highest BCUT2D eigenvalue weighted by molar-refractivity contribution is 9.11. The normalized spacial score (nSPS) is 14.9. The lowest BCUT2D eigenvalue weighted by Crippen LogP contribution is -2.41. The molecule has 3 aromatic carbocycles. The Morgan fingerprint density at radius 1 is 1.16 bits per heavy atom. The SMILES string of the molecule is CCOC(=O)C1=C(C(F)(F)F)N=c2s/c(=C\c3cc(Br)cc(Br)c3OCc3ccc(C#N)cc3)c(=O)n2[C@@H]1c1ccc(Cl)cc1. The van der Waals surface area contributed by atoms with Gasteiger partial charge in [0.1, 0.15) is 12.4 Å². The lowest BCUT2D eigenvalue weighted by Gasteiger charge is -2.26. The van der Waals surface area contributed by atoms with E-state index >= 15 is 0 Å². The van der Waals surface area contributed by atoms with E-state index in [1.54, 1.807) is 36.4 Å². The third-order valence-electron chi connectivity index (χ3n) is 6.57. The van der Waals surface area contributed by atoms with Crippen LogP contribution in [0.25, 0.3) is 6.08 Å². The summed E-state index contributed by atoms with van der Waals surface area (Å²) >= 11 is 13.7. The zero-order valence-electron chi connectivity index (χ0n) is 23.0. The molecule has 0 unspecified atom stereocenters. The number of ether oxygens (including phenoxy) is 2. The summed E-state index contributed by atoms with van der Waals surface area (Å²) in [6.07, 6.45) is -3.53. The van der Waals surface area contributed by atoms with Crippen molar-refractivity contribution in [3.63, 3.8) is 0 Å². The zero-order valence-corrected chi connectivity index (χ0v) is 27.7. The summed E-state index contributed by atoms with van der Waals surface area (Å²) in [6.45, 7) is 1.41. The molecule has 0 N–H and O–H groups in total. The fraction of sp³-hybridized carbons (Fsp3) is 0.161. The van der Waals surface area contributed by atoms with Crippen LogP contribution in [0.15, 0.2) is 90.7 Å². The fourth-order valence-electron chi connectivity index (χ4n) is 4.61. The van der Waals surface area contributed by atoms with E-state index in [2.05, 4.69) is 42.9 Å². The summed E-state index contributed by atoms with van der Waals surface area (Å²) in [7, 11) is 0. The molecular weight excluding hydrogens is 763 g/mol. The Bertz CT molecular complexity index is 2050. The van der Waals surface area contributed by atoms with E-state index < -0.39 is 35.0 Å². The summed E-state index contributed by atoms with van der Waals surface area (Å²) in [6, 6.07) is 16.6. The van der Waals surface area contributed by atoms with Crippen LogP contribution in [0, 0.1) is 11.3 Å². The number of carbonyl (C=O) groups excluding carboxylic acids is 1. The summed E-state index contributed by atoms with van der Waals surface area (Å²) in [5.74, 6) is -0.872. The molecule has 2 heterocycles. The molecule has 1 atom stereocenters. The first-order chi connectivity index (χ1) is 21.4. The molecule has 230 valence electrons. The predicted octanol–water partition coefficient (Wildman–Crippen LogP) is 6.97. The average Bonchev–Trinajstić information content (AvgIpc) is 3.30. The maximum atomic E-state index is 14.4. The number of nitrogens with zero attached hydrogens (tertiary/aromatic N) is 3. The summed E-state index contributed by atoms with van der Waals surface area (Å²) in [4.78, 5) is 30.6. The highest BCUT2D eigenvalue weighted by Gasteiger charge is 2.45. The van der Waals surface area contributed by atoms with Gasteiger partial charge in [0.15, 0.2) is 10.5 Å². The van der Waals surface area contributed by atoms with Crippen molar-refractivity contribution >= 4 is 66.8 Å². The number of rotatable bonds is 7. The van der Waals surface area contributed by atoms with Gasteiger partial charge < -0.3 is 9.47 Å². The van der Waals surface area contributed by atoms with Gasteiger partial charge in [-0.15, -0.1) is 0 Å². The highest BCUT2D eigenvalue weighted by atomic mass is 79.9. The lowest BCUT2D eigenvalue weighted by atomic mass is 9.95. The number of thiazole rings is 1. The van der Waals surface area contributed by atoms with E-state index in [1.807, 2.05) is 0 Å². The van der Waals surface area contributed by atoms with Crippen molar-refractivity contribution in [2.45, 2.75) is 25.7 Å². The Morgan fingerprint density at radius 3 is 2.47 bits per heavy atom. The van der Waals surface area contributed by atoms with E-state index in [9.17, 15) is 22.8 Å². The molecular formula is C31H19Br2ClF3N3O4S. The van der Waals surface area contributed by atoms with Crippen LogP contribution in [-0.2, 0) is 16.1 Å². The first-order valence-electron chi connectivity index (χ1n) is 13.1. The van der Waals surface area contributed by atoms with E-state index in [0.29, 0.717) is 30.8 Å². The minimum absolute atomic E-state index is 0.0487. The van der Waals surface area contributed by atoms with E-state index in [-0.39, 0.29) is 28.1 Å². The fourth-order valence-corrected chi connectivity index (χ4v) is 7.10. The zero-order chi connectivity index (χ0) is 32.5. The Kier molecular flexibility index (Phi) is 9.69. The molecule has 45 heavy (non-hydrogen) atoms. The van der Waals surface area contributed by atoms with Gasteiger partial charge in [-0.1, -0.05) is 63.1 Å². The van der Waals surface area contributed by atoms with Crippen LogP contribution in [0.2, 0.25) is 5.02 Å². The number of alkyl halides is 3. The molecule has 0 fully saturated rings. The maximum Gasteiger partial charge on any atom is 0.434 e. The van der Waals surface area contributed by atoms with E-state index in [4.69, 9.17) is 26.3 Å². The van der Waals surface area contributed by atoms with Crippen LogP contribution < -0.4 is 19.6 Å². The van der Waals surface area contributed by atoms with Crippen LogP contribution >= 0.6 is 54.8 Å². The van der Waals surface area contributed by atoms with Gasteiger partial charge in [0.25, 0.3) is 5.56 Å². The summed E-state index contributed by atoms with van der Waals surface area (Å²) in [5.41, 5.74) is -0.981. The number of esters is 1. The van der Waals surface area contributed by atoms with Crippen molar-refractivity contribution in [2.24, 2.45) is 4.99 Å². The minimum atomic E-state index is -5.02. The first kappa shape index (κ1) is 32.7. The molecule has 1 aliphatic rings. The number of nitriles is 1. The standard InChI is InChI=1S/C31H19Br2ClF3N3O4S/c1-2-43-29(42)24-25(18-7-9-21(34)10-8-18)40-28(41)23(45-30(40)39-27(24)31(35,36)37)12-19-11-20(32)13-22(33)26(19)44-15-17-5-3-16(14-38)4-6-17/h3-13,25H,2,15H2,1H3/b23-12-/t25-/m1/s1. The highest BCUT2D eigenvalue weighted by Crippen LogP contribution is 2.39. The van der Waals surface area contributed by atoms with Gasteiger partial charge in [0, 0.05) is 15.1 Å². The van der Waals surface area contributed by atoms with E-state index in [1.165, 1.54) is 37.3 Å². The molecule has 14 heteroatoms. The Balaban J connectivity index is 1.69. The topological polar surface area (TPSA) is 93.7 Å². The van der Waals surface area contributed by atoms with Crippen molar-refractivity contribution in [3.8, 4) is 11.8 Å². The van der Waals surface area contributed by atoms with Crippen molar-refractivity contribution in [3.05, 3.63) is 128 Å². The predicted molar refractivity (Wildman–Crippen MR) is 170 cm³/mol. The van der Waals surface area contributed by atoms with Gasteiger partial charge in [-0.3, -0.25) is 9.36 Å². The number of halogens is 6. The summed E-state index contributed by atoms with van der Waals surface area (Å²) < 4.78 is 56.6.